The average molecular weight is 199 g/mol. The third-order valence-electron chi connectivity index (χ3n) is 2.20. The minimum Gasteiger partial charge on any atom is -0.222 e. The third-order valence-corrected chi connectivity index (χ3v) is 2.20. The summed E-state index contributed by atoms with van der Waals surface area (Å²) in [5.41, 5.74) is 1.80. The summed E-state index contributed by atoms with van der Waals surface area (Å²) >= 11 is 0. The summed E-state index contributed by atoms with van der Waals surface area (Å²) < 4.78 is 3.47. The van der Waals surface area contributed by atoms with E-state index in [2.05, 4.69) is 15.2 Å². The van der Waals surface area contributed by atoms with Crippen LogP contribution in [-0.4, -0.2) is 24.4 Å². The molecule has 5 heteroatoms. The first kappa shape index (κ1) is 8.16. The molecule has 0 aliphatic heterocycles. The SMILES string of the molecule is Cc1ccn(-c2ccn3nccc3n2)n1. The summed E-state index contributed by atoms with van der Waals surface area (Å²) in [5, 5.41) is 8.38. The van der Waals surface area contributed by atoms with Gasteiger partial charge in [0.25, 0.3) is 0 Å². The number of aromatic nitrogens is 5. The highest BCUT2D eigenvalue weighted by atomic mass is 15.3. The maximum atomic E-state index is 4.42. The Balaban J connectivity index is 2.18. The van der Waals surface area contributed by atoms with Gasteiger partial charge in [0, 0.05) is 24.5 Å². The summed E-state index contributed by atoms with van der Waals surface area (Å²) in [5.74, 6) is 0.802. The number of fused-ring (bicyclic) bond motifs is 1. The maximum Gasteiger partial charge on any atom is 0.157 e. The van der Waals surface area contributed by atoms with Gasteiger partial charge in [-0.2, -0.15) is 10.2 Å². The van der Waals surface area contributed by atoms with Crippen molar-refractivity contribution in [1.29, 1.82) is 0 Å². The van der Waals surface area contributed by atoms with E-state index in [0.29, 0.717) is 0 Å². The van der Waals surface area contributed by atoms with E-state index in [1.54, 1.807) is 15.4 Å². The molecule has 0 saturated heterocycles. The Morgan fingerprint density at radius 1 is 1.13 bits per heavy atom. The van der Waals surface area contributed by atoms with Crippen molar-refractivity contribution in [2.45, 2.75) is 6.92 Å². The molecule has 0 amide bonds. The second-order valence-corrected chi connectivity index (χ2v) is 3.32. The minimum absolute atomic E-state index is 0.802. The molecule has 0 aliphatic carbocycles. The zero-order valence-corrected chi connectivity index (χ0v) is 8.20. The van der Waals surface area contributed by atoms with Gasteiger partial charge in [0.15, 0.2) is 11.5 Å². The molecule has 0 bridgehead atoms. The molecular formula is C10H9N5. The van der Waals surface area contributed by atoms with Gasteiger partial charge in [-0.05, 0) is 13.0 Å². The van der Waals surface area contributed by atoms with Crippen LogP contribution in [0.4, 0.5) is 0 Å². The van der Waals surface area contributed by atoms with Crippen LogP contribution in [0.2, 0.25) is 0 Å². The van der Waals surface area contributed by atoms with Crippen LogP contribution < -0.4 is 0 Å². The summed E-state index contributed by atoms with van der Waals surface area (Å²) in [7, 11) is 0. The molecule has 0 spiro atoms. The average Bonchev–Trinajstić information content (AvgIpc) is 2.84. The predicted molar refractivity (Wildman–Crippen MR) is 54.8 cm³/mol. The number of rotatable bonds is 1. The molecular weight excluding hydrogens is 190 g/mol. The molecule has 0 fully saturated rings. The van der Waals surface area contributed by atoms with E-state index in [-0.39, 0.29) is 0 Å². The van der Waals surface area contributed by atoms with Crippen LogP contribution >= 0.6 is 0 Å². The van der Waals surface area contributed by atoms with E-state index >= 15 is 0 Å². The maximum absolute atomic E-state index is 4.42. The molecule has 3 aromatic heterocycles. The highest BCUT2D eigenvalue weighted by Gasteiger charge is 2.01. The molecule has 0 atom stereocenters. The number of aryl methyl sites for hydroxylation is 1. The van der Waals surface area contributed by atoms with Crippen molar-refractivity contribution in [3.63, 3.8) is 0 Å². The Morgan fingerprint density at radius 3 is 2.87 bits per heavy atom. The monoisotopic (exact) mass is 199 g/mol. The quantitative estimate of drug-likeness (QED) is 0.592. The van der Waals surface area contributed by atoms with E-state index in [0.717, 1.165) is 17.2 Å². The molecule has 3 rings (SSSR count). The molecule has 5 nitrogen and oxygen atoms in total. The highest BCUT2D eigenvalue weighted by molar-refractivity contribution is 5.40. The lowest BCUT2D eigenvalue weighted by Gasteiger charge is -2.00. The lowest BCUT2D eigenvalue weighted by molar-refractivity contribution is 0.821. The van der Waals surface area contributed by atoms with Gasteiger partial charge in [0.2, 0.25) is 0 Å². The minimum atomic E-state index is 0.802. The zero-order valence-electron chi connectivity index (χ0n) is 8.20. The number of hydrogen-bond acceptors (Lipinski definition) is 3. The van der Waals surface area contributed by atoms with Gasteiger partial charge in [-0.3, -0.25) is 0 Å². The lowest BCUT2D eigenvalue weighted by atomic mass is 10.5. The standard InChI is InChI=1S/C10H9N5/c1-8-3-6-15(13-8)10-4-7-14-9(12-10)2-5-11-14/h2-7H,1H3. The first-order valence-corrected chi connectivity index (χ1v) is 4.66. The molecule has 3 aromatic rings. The van der Waals surface area contributed by atoms with Gasteiger partial charge < -0.3 is 0 Å². The normalized spacial score (nSPS) is 11.0. The first-order chi connectivity index (χ1) is 7.33. The summed E-state index contributed by atoms with van der Waals surface area (Å²) in [4.78, 5) is 4.42. The van der Waals surface area contributed by atoms with Gasteiger partial charge in [0.05, 0.1) is 11.9 Å². The van der Waals surface area contributed by atoms with Crippen molar-refractivity contribution in [2.24, 2.45) is 0 Å². The topological polar surface area (TPSA) is 48.0 Å². The van der Waals surface area contributed by atoms with Crippen molar-refractivity contribution in [1.82, 2.24) is 24.4 Å². The zero-order chi connectivity index (χ0) is 10.3. The van der Waals surface area contributed by atoms with Crippen LogP contribution in [0, 0.1) is 6.92 Å². The fraction of sp³-hybridized carbons (Fsp3) is 0.100. The van der Waals surface area contributed by atoms with Gasteiger partial charge in [-0.15, -0.1) is 0 Å². The van der Waals surface area contributed by atoms with E-state index in [1.807, 2.05) is 37.5 Å². The van der Waals surface area contributed by atoms with Crippen molar-refractivity contribution < 1.29 is 0 Å². The molecule has 0 aliphatic rings. The predicted octanol–water partition coefficient (Wildman–Crippen LogP) is 1.22. The molecule has 15 heavy (non-hydrogen) atoms. The molecule has 0 saturated carbocycles. The van der Waals surface area contributed by atoms with Crippen molar-refractivity contribution in [2.75, 3.05) is 0 Å². The van der Waals surface area contributed by atoms with Crippen LogP contribution in [0.25, 0.3) is 11.5 Å². The molecule has 0 unspecified atom stereocenters. The van der Waals surface area contributed by atoms with E-state index in [9.17, 15) is 0 Å². The van der Waals surface area contributed by atoms with E-state index in [1.165, 1.54) is 0 Å². The lowest BCUT2D eigenvalue weighted by Crippen LogP contribution is -2.00. The van der Waals surface area contributed by atoms with E-state index < -0.39 is 0 Å². The van der Waals surface area contributed by atoms with Gasteiger partial charge >= 0.3 is 0 Å². The first-order valence-electron chi connectivity index (χ1n) is 4.66. The molecule has 0 N–H and O–H groups in total. The van der Waals surface area contributed by atoms with Crippen LogP contribution in [0.1, 0.15) is 5.69 Å². The summed E-state index contributed by atoms with van der Waals surface area (Å²) in [6.45, 7) is 1.95. The Bertz CT molecular complexity index is 607. The van der Waals surface area contributed by atoms with Gasteiger partial charge in [-0.1, -0.05) is 0 Å². The van der Waals surface area contributed by atoms with Gasteiger partial charge in [-0.25, -0.2) is 14.2 Å². The molecule has 74 valence electrons. The number of nitrogens with zero attached hydrogens (tertiary/aromatic N) is 5. The largest absolute Gasteiger partial charge is 0.222 e. The summed E-state index contributed by atoms with van der Waals surface area (Å²) in [6.07, 6.45) is 5.49. The fourth-order valence-corrected chi connectivity index (χ4v) is 1.47. The molecule has 3 heterocycles. The van der Waals surface area contributed by atoms with Crippen LogP contribution in [0.3, 0.4) is 0 Å². The second-order valence-electron chi connectivity index (χ2n) is 3.32. The van der Waals surface area contributed by atoms with Crippen molar-refractivity contribution in [3.05, 3.63) is 42.5 Å². The van der Waals surface area contributed by atoms with E-state index in [4.69, 9.17) is 0 Å². The molecule has 0 radical (unpaired) electrons. The highest BCUT2D eigenvalue weighted by Crippen LogP contribution is 2.06. The Labute approximate surface area is 86.0 Å². The fourth-order valence-electron chi connectivity index (χ4n) is 1.47. The van der Waals surface area contributed by atoms with Gasteiger partial charge in [0.1, 0.15) is 0 Å². The Morgan fingerprint density at radius 2 is 2.07 bits per heavy atom. The molecule has 0 aromatic carbocycles. The Kier molecular flexibility index (Phi) is 1.58. The Hall–Kier alpha value is -2.17. The van der Waals surface area contributed by atoms with Crippen molar-refractivity contribution in [3.8, 4) is 5.82 Å². The van der Waals surface area contributed by atoms with Crippen LogP contribution in [0.15, 0.2) is 36.8 Å². The number of hydrogen-bond donors (Lipinski definition) is 0. The van der Waals surface area contributed by atoms with Crippen molar-refractivity contribution >= 4 is 5.65 Å². The second kappa shape index (κ2) is 2.91. The summed E-state index contributed by atoms with van der Waals surface area (Å²) in [6, 6.07) is 5.69. The van der Waals surface area contributed by atoms with Crippen LogP contribution in [-0.2, 0) is 0 Å². The third kappa shape index (κ3) is 1.28. The smallest absolute Gasteiger partial charge is 0.157 e. The van der Waals surface area contributed by atoms with Crippen LogP contribution in [0.5, 0.6) is 0 Å².